The molecule has 6 rings (SSSR count). The smallest absolute Gasteiger partial charge is 0.304 e. The van der Waals surface area contributed by atoms with E-state index >= 15 is 0 Å². The molecule has 0 saturated heterocycles. The molecule has 0 aromatic heterocycles. The monoisotopic (exact) mass is 790 g/mol. The van der Waals surface area contributed by atoms with Crippen LogP contribution in [-0.2, 0) is 29.5 Å². The topological polar surface area (TPSA) is 285 Å². The van der Waals surface area contributed by atoms with E-state index in [-0.39, 0.29) is 27.2 Å². The lowest BCUT2D eigenvalue weighted by molar-refractivity contribution is -0.387. The van der Waals surface area contributed by atoms with Gasteiger partial charge in [0, 0.05) is 56.1 Å². The highest BCUT2D eigenvalue weighted by molar-refractivity contribution is 7.91. The Hall–Kier alpha value is -4.44. The van der Waals surface area contributed by atoms with E-state index in [0.29, 0.717) is 28.7 Å². The van der Waals surface area contributed by atoms with Crippen molar-refractivity contribution in [2.45, 2.75) is 71.3 Å². The average Bonchev–Trinajstić information content (AvgIpc) is 3.90. The number of nitrogens with zero attached hydrogens (tertiary/aromatic N) is 2. The van der Waals surface area contributed by atoms with Crippen molar-refractivity contribution >= 4 is 57.9 Å². The van der Waals surface area contributed by atoms with Gasteiger partial charge in [0.15, 0.2) is 29.5 Å². The number of hydrogen-bond donors (Lipinski definition) is 5. The molecule has 3 saturated carbocycles. The molecule has 17 nitrogen and oxygen atoms in total. The zero-order valence-electron chi connectivity index (χ0n) is 28.9. The maximum Gasteiger partial charge on any atom is 0.304 e. The van der Waals surface area contributed by atoms with Crippen molar-refractivity contribution in [3.05, 3.63) is 80.6 Å². The van der Waals surface area contributed by atoms with Gasteiger partial charge in [0.05, 0.1) is 35.9 Å². The Morgan fingerprint density at radius 3 is 1.35 bits per heavy atom. The molecule has 3 aliphatic carbocycles. The highest BCUT2D eigenvalue weighted by Crippen LogP contribution is 2.33. The quantitative estimate of drug-likeness (QED) is 0.117. The van der Waals surface area contributed by atoms with Crippen LogP contribution in [0.3, 0.4) is 0 Å². The first kappa shape index (κ1) is 43.7. The minimum absolute atomic E-state index is 0.0891. The number of nitrogen functional groups attached to an aromatic ring is 1. The molecule has 3 aromatic carbocycles. The Morgan fingerprint density at radius 1 is 0.654 bits per heavy atom. The van der Waals surface area contributed by atoms with Crippen LogP contribution in [-0.4, -0.2) is 84.2 Å². The molecular weight excluding hydrogens is 748 g/mol. The lowest BCUT2D eigenvalue weighted by Gasteiger charge is -2.09. The normalized spacial score (nSPS) is 15.0. The third kappa shape index (κ3) is 15.0. The van der Waals surface area contributed by atoms with Crippen LogP contribution in [0.2, 0.25) is 0 Å². The summed E-state index contributed by atoms with van der Waals surface area (Å²) in [6, 6.07) is 12.3. The second kappa shape index (κ2) is 18.4. The van der Waals surface area contributed by atoms with Crippen molar-refractivity contribution in [2.24, 2.45) is 5.73 Å². The van der Waals surface area contributed by atoms with Crippen LogP contribution < -0.4 is 22.1 Å². The second-order valence-electron chi connectivity index (χ2n) is 12.0. The molecule has 3 aliphatic rings. The number of nitrogens with two attached hydrogens (primary N) is 2. The van der Waals surface area contributed by atoms with Crippen LogP contribution in [0.5, 0.6) is 0 Å². The van der Waals surface area contributed by atoms with Crippen LogP contribution in [0.4, 0.5) is 32.8 Å². The summed E-state index contributed by atoms with van der Waals surface area (Å²) in [7, 11) is -9.03. The number of aliphatic hydroxyl groups excluding tert-OH is 1. The number of aliphatic hydroxyl groups is 1. The lowest BCUT2D eigenvalue weighted by atomic mass is 10.2. The molecular formula is C31H43FN6O11S3. The summed E-state index contributed by atoms with van der Waals surface area (Å²) in [5, 5.41) is 34.2. The standard InChI is InChI=1S/C10H12N2O4S.C10H14N2O2S.C7H6FNO4S.C3H7N.CH4O/c1-17(15,16)8-4-5-10(12(13)14)9(6-8)11-7-2-3-7;1-15(13,14)8-4-5-9(11)10(6-8)12-7-2-3-7;1-14(12,13)5-2-3-7(9(10)11)6(8)4-5;4-3-1-2-3;1-2/h4-7,11H,2-3H2,1H3;4-7,12H,2-3,11H2,1H3;2-4H,1H3;3H,1-2,4H2;2H,1H3. The van der Waals surface area contributed by atoms with Crippen LogP contribution in [0, 0.1) is 26.0 Å². The van der Waals surface area contributed by atoms with Gasteiger partial charge in [-0.2, -0.15) is 4.39 Å². The van der Waals surface area contributed by atoms with Gasteiger partial charge in [-0.3, -0.25) is 20.2 Å². The van der Waals surface area contributed by atoms with E-state index in [1.165, 1.54) is 43.4 Å². The van der Waals surface area contributed by atoms with Gasteiger partial charge in [0.2, 0.25) is 5.82 Å². The number of nitro groups is 2. The van der Waals surface area contributed by atoms with Crippen molar-refractivity contribution in [1.29, 1.82) is 0 Å². The molecule has 3 fully saturated rings. The van der Waals surface area contributed by atoms with Gasteiger partial charge in [0.25, 0.3) is 5.69 Å². The molecule has 0 unspecified atom stereocenters. The van der Waals surface area contributed by atoms with Crippen LogP contribution in [0.15, 0.2) is 69.3 Å². The number of rotatable bonds is 9. The van der Waals surface area contributed by atoms with E-state index in [9.17, 15) is 49.9 Å². The second-order valence-corrected chi connectivity index (χ2v) is 18.1. The molecule has 0 bridgehead atoms. The summed E-state index contributed by atoms with van der Waals surface area (Å²) >= 11 is 0. The maximum absolute atomic E-state index is 12.9. The molecule has 7 N–H and O–H groups in total. The number of halogens is 1. The minimum Gasteiger partial charge on any atom is -0.400 e. The molecule has 0 heterocycles. The summed E-state index contributed by atoms with van der Waals surface area (Å²) in [6.07, 6.45) is 9.87. The fourth-order valence-electron chi connectivity index (χ4n) is 3.77. The highest BCUT2D eigenvalue weighted by Gasteiger charge is 2.26. The largest absolute Gasteiger partial charge is 0.400 e. The summed E-state index contributed by atoms with van der Waals surface area (Å²) in [5.41, 5.74) is 11.7. The van der Waals surface area contributed by atoms with E-state index < -0.39 is 50.9 Å². The number of hydrogen-bond acceptors (Lipinski definition) is 15. The van der Waals surface area contributed by atoms with Crippen molar-refractivity contribution < 1.29 is 44.6 Å². The Labute approximate surface area is 301 Å². The molecule has 0 spiro atoms. The molecule has 3 aromatic rings. The lowest BCUT2D eigenvalue weighted by Crippen LogP contribution is -2.06. The van der Waals surface area contributed by atoms with E-state index in [4.69, 9.17) is 16.6 Å². The molecule has 0 radical (unpaired) electrons. The van der Waals surface area contributed by atoms with Crippen LogP contribution in [0.1, 0.15) is 38.5 Å². The van der Waals surface area contributed by atoms with Gasteiger partial charge in [0.1, 0.15) is 5.69 Å². The van der Waals surface area contributed by atoms with Crippen LogP contribution >= 0.6 is 0 Å². The highest BCUT2D eigenvalue weighted by atomic mass is 32.2. The number of nitro benzene ring substituents is 2. The Bertz CT molecular complexity index is 2070. The van der Waals surface area contributed by atoms with Crippen molar-refractivity contribution in [3.8, 4) is 0 Å². The Balaban J connectivity index is 0.000000251. The third-order valence-electron chi connectivity index (χ3n) is 7.09. The molecule has 52 heavy (non-hydrogen) atoms. The van der Waals surface area contributed by atoms with Gasteiger partial charge in [-0.15, -0.1) is 0 Å². The first-order valence-corrected chi connectivity index (χ1v) is 21.2. The first-order chi connectivity index (χ1) is 24.1. The molecule has 21 heteroatoms. The van der Waals surface area contributed by atoms with Crippen molar-refractivity contribution in [2.75, 3.05) is 42.2 Å². The molecule has 0 amide bonds. The summed E-state index contributed by atoms with van der Waals surface area (Å²) in [5.74, 6) is -1.15. The Morgan fingerprint density at radius 2 is 1.00 bits per heavy atom. The predicted octanol–water partition coefficient (Wildman–Crippen LogP) is 3.67. The van der Waals surface area contributed by atoms with Gasteiger partial charge >= 0.3 is 5.69 Å². The van der Waals surface area contributed by atoms with Gasteiger partial charge in [-0.1, -0.05) is 0 Å². The average molecular weight is 791 g/mol. The minimum atomic E-state index is -3.53. The van der Waals surface area contributed by atoms with Gasteiger partial charge in [-0.05, 0) is 81.0 Å². The van der Waals surface area contributed by atoms with Gasteiger partial charge < -0.3 is 27.2 Å². The first-order valence-electron chi connectivity index (χ1n) is 15.5. The predicted molar refractivity (Wildman–Crippen MR) is 195 cm³/mol. The SMILES string of the molecule is CO.CS(=O)(=O)c1ccc(N)c(NC2CC2)c1.CS(=O)(=O)c1ccc([N+](=O)[O-])c(F)c1.CS(=O)(=O)c1ccc([N+](=O)[O-])c(NC2CC2)c1.NC1CC1. The number of nitrogens with one attached hydrogen (secondary N) is 2. The van der Waals surface area contributed by atoms with E-state index in [1.54, 1.807) is 12.1 Å². The zero-order chi connectivity index (χ0) is 39.6. The van der Waals surface area contributed by atoms with Gasteiger partial charge in [-0.25, -0.2) is 25.3 Å². The molecule has 0 aliphatic heterocycles. The fraction of sp³-hybridized carbons (Fsp3) is 0.419. The summed E-state index contributed by atoms with van der Waals surface area (Å²) < 4.78 is 80.2. The van der Waals surface area contributed by atoms with E-state index in [0.717, 1.165) is 63.1 Å². The van der Waals surface area contributed by atoms with E-state index in [1.807, 2.05) is 0 Å². The number of sulfone groups is 3. The third-order valence-corrected chi connectivity index (χ3v) is 10.4. The molecule has 288 valence electrons. The summed E-state index contributed by atoms with van der Waals surface area (Å²) in [4.78, 5) is 19.7. The van der Waals surface area contributed by atoms with Crippen molar-refractivity contribution in [1.82, 2.24) is 0 Å². The zero-order valence-corrected chi connectivity index (χ0v) is 31.3. The maximum atomic E-state index is 12.9. The van der Waals surface area contributed by atoms with Crippen molar-refractivity contribution in [3.63, 3.8) is 0 Å². The Kier molecular flexibility index (Phi) is 15.4. The summed E-state index contributed by atoms with van der Waals surface area (Å²) in [6.45, 7) is 0. The molecule has 0 atom stereocenters. The fourth-order valence-corrected chi connectivity index (χ4v) is 5.70. The number of benzene rings is 3. The van der Waals surface area contributed by atoms with E-state index in [2.05, 4.69) is 10.6 Å². The number of anilines is 3. The van der Waals surface area contributed by atoms with Crippen LogP contribution in [0.25, 0.3) is 0 Å².